The molecule has 0 saturated heterocycles. The third kappa shape index (κ3) is 5.05. The van der Waals surface area contributed by atoms with Crippen molar-refractivity contribution in [1.82, 2.24) is 9.97 Å². The number of thiophene rings is 1. The van der Waals surface area contributed by atoms with E-state index in [1.54, 1.807) is 6.92 Å². The van der Waals surface area contributed by atoms with Gasteiger partial charge in [0.2, 0.25) is 0 Å². The van der Waals surface area contributed by atoms with E-state index >= 15 is 0 Å². The predicted octanol–water partition coefficient (Wildman–Crippen LogP) is 3.92. The molecule has 1 atom stereocenters. The van der Waals surface area contributed by atoms with Gasteiger partial charge in [0.05, 0.1) is 5.75 Å². The SMILES string of the molecule is CCc1ccc(NC(=O)[C@H](C)OC(=O)CSc2ncnc3sccc23)cc1. The number of nitrogens with zero attached hydrogens (tertiary/aromatic N) is 2. The zero-order valence-electron chi connectivity index (χ0n) is 15.0. The summed E-state index contributed by atoms with van der Waals surface area (Å²) in [7, 11) is 0. The van der Waals surface area contributed by atoms with Gasteiger partial charge in [-0.15, -0.1) is 11.3 Å². The van der Waals surface area contributed by atoms with Crippen LogP contribution in [0.2, 0.25) is 0 Å². The van der Waals surface area contributed by atoms with Crippen LogP contribution in [0, 0.1) is 0 Å². The first kappa shape index (κ1) is 19.3. The topological polar surface area (TPSA) is 81.2 Å². The maximum Gasteiger partial charge on any atom is 0.317 e. The van der Waals surface area contributed by atoms with Crippen molar-refractivity contribution in [2.45, 2.75) is 31.4 Å². The molecule has 3 rings (SSSR count). The lowest BCUT2D eigenvalue weighted by molar-refractivity contribution is -0.150. The number of thioether (sulfide) groups is 1. The average molecular weight is 402 g/mol. The second-order valence-corrected chi connectivity index (χ2v) is 7.64. The fourth-order valence-corrected chi connectivity index (χ4v) is 3.92. The highest BCUT2D eigenvalue weighted by Gasteiger charge is 2.18. The van der Waals surface area contributed by atoms with Crippen molar-refractivity contribution in [1.29, 1.82) is 0 Å². The van der Waals surface area contributed by atoms with E-state index in [1.807, 2.05) is 35.7 Å². The van der Waals surface area contributed by atoms with E-state index in [0.717, 1.165) is 21.7 Å². The van der Waals surface area contributed by atoms with E-state index in [4.69, 9.17) is 4.74 Å². The molecule has 8 heteroatoms. The number of fused-ring (bicyclic) bond motifs is 1. The molecule has 0 spiro atoms. The number of hydrogen-bond donors (Lipinski definition) is 1. The number of hydrogen-bond acceptors (Lipinski definition) is 7. The quantitative estimate of drug-likeness (QED) is 0.367. The molecule has 6 nitrogen and oxygen atoms in total. The molecule has 1 N–H and O–H groups in total. The van der Waals surface area contributed by atoms with Crippen molar-refractivity contribution >= 4 is 50.9 Å². The van der Waals surface area contributed by atoms with Crippen LogP contribution in [0.4, 0.5) is 5.69 Å². The number of aromatic nitrogens is 2. The van der Waals surface area contributed by atoms with Crippen molar-refractivity contribution in [2.75, 3.05) is 11.1 Å². The van der Waals surface area contributed by atoms with Crippen molar-refractivity contribution in [3.8, 4) is 0 Å². The monoisotopic (exact) mass is 401 g/mol. The average Bonchev–Trinajstić information content (AvgIpc) is 3.16. The van der Waals surface area contributed by atoms with E-state index in [2.05, 4.69) is 22.2 Å². The molecule has 0 radical (unpaired) electrons. The van der Waals surface area contributed by atoms with Gasteiger partial charge in [-0.2, -0.15) is 0 Å². The Morgan fingerprint density at radius 2 is 2.00 bits per heavy atom. The number of ether oxygens (including phenoxy) is 1. The molecule has 1 aromatic carbocycles. The molecule has 1 amide bonds. The summed E-state index contributed by atoms with van der Waals surface area (Å²) in [5.41, 5.74) is 1.87. The minimum atomic E-state index is -0.879. The summed E-state index contributed by atoms with van der Waals surface area (Å²) in [6, 6.07) is 9.50. The largest absolute Gasteiger partial charge is 0.452 e. The predicted molar refractivity (Wildman–Crippen MR) is 108 cm³/mol. The molecule has 2 heterocycles. The number of carbonyl (C=O) groups excluding carboxylic acids is 2. The van der Waals surface area contributed by atoms with Gasteiger partial charge in [0.1, 0.15) is 16.2 Å². The molecule has 140 valence electrons. The van der Waals surface area contributed by atoms with E-state index in [1.165, 1.54) is 35.0 Å². The lowest BCUT2D eigenvalue weighted by atomic mass is 10.1. The first-order valence-corrected chi connectivity index (χ1v) is 10.3. The Labute approximate surface area is 165 Å². The van der Waals surface area contributed by atoms with Crippen molar-refractivity contribution < 1.29 is 14.3 Å². The van der Waals surface area contributed by atoms with Gasteiger partial charge in [0.15, 0.2) is 6.10 Å². The molecule has 0 aliphatic heterocycles. The molecule has 0 bridgehead atoms. The summed E-state index contributed by atoms with van der Waals surface area (Å²) in [6.45, 7) is 3.62. The Morgan fingerprint density at radius 1 is 1.22 bits per heavy atom. The van der Waals surface area contributed by atoms with Gasteiger partial charge in [-0.1, -0.05) is 30.8 Å². The van der Waals surface area contributed by atoms with E-state index in [9.17, 15) is 9.59 Å². The fraction of sp³-hybridized carbons (Fsp3) is 0.263. The zero-order valence-corrected chi connectivity index (χ0v) is 16.6. The number of anilines is 1. The summed E-state index contributed by atoms with van der Waals surface area (Å²) in [5.74, 6) is -0.754. The van der Waals surface area contributed by atoms with Crippen LogP contribution in [0.15, 0.2) is 47.1 Å². The number of nitrogens with one attached hydrogen (secondary N) is 1. The summed E-state index contributed by atoms with van der Waals surface area (Å²) >= 11 is 2.79. The Morgan fingerprint density at radius 3 is 2.74 bits per heavy atom. The molecule has 27 heavy (non-hydrogen) atoms. The van der Waals surface area contributed by atoms with Crippen LogP contribution in [0.5, 0.6) is 0 Å². The summed E-state index contributed by atoms with van der Waals surface area (Å²) in [4.78, 5) is 33.5. The van der Waals surface area contributed by atoms with Gasteiger partial charge < -0.3 is 10.1 Å². The van der Waals surface area contributed by atoms with Gasteiger partial charge in [0.25, 0.3) is 5.91 Å². The molecule has 2 aromatic heterocycles. The van der Waals surface area contributed by atoms with Gasteiger partial charge in [-0.05, 0) is 42.5 Å². The van der Waals surface area contributed by atoms with Crippen LogP contribution in [-0.4, -0.2) is 33.7 Å². The summed E-state index contributed by atoms with van der Waals surface area (Å²) in [6.07, 6.45) is 1.53. The molecule has 0 saturated carbocycles. The van der Waals surface area contributed by atoms with E-state index in [0.29, 0.717) is 5.69 Å². The first-order chi connectivity index (χ1) is 13.1. The van der Waals surface area contributed by atoms with E-state index < -0.39 is 12.1 Å². The molecule has 0 fully saturated rings. The van der Waals surface area contributed by atoms with Gasteiger partial charge >= 0.3 is 5.97 Å². The summed E-state index contributed by atoms with van der Waals surface area (Å²) in [5, 5.41) is 6.33. The Kier molecular flexibility index (Phi) is 6.41. The number of esters is 1. The third-order valence-corrected chi connectivity index (χ3v) is 5.66. The van der Waals surface area contributed by atoms with Gasteiger partial charge in [-0.3, -0.25) is 9.59 Å². The van der Waals surface area contributed by atoms with Gasteiger partial charge in [0, 0.05) is 11.1 Å². The highest BCUT2D eigenvalue weighted by Crippen LogP contribution is 2.27. The smallest absolute Gasteiger partial charge is 0.317 e. The first-order valence-electron chi connectivity index (χ1n) is 8.47. The number of carbonyl (C=O) groups is 2. The molecular formula is C19H19N3O3S2. The number of rotatable bonds is 7. The molecular weight excluding hydrogens is 382 g/mol. The molecule has 0 unspecified atom stereocenters. The third-order valence-electron chi connectivity index (χ3n) is 3.86. The lowest BCUT2D eigenvalue weighted by Gasteiger charge is -2.13. The highest BCUT2D eigenvalue weighted by molar-refractivity contribution is 8.00. The highest BCUT2D eigenvalue weighted by atomic mass is 32.2. The van der Waals surface area contributed by atoms with Crippen molar-refractivity contribution in [2.24, 2.45) is 0 Å². The maximum atomic E-state index is 12.2. The van der Waals surface area contributed by atoms with Crippen LogP contribution < -0.4 is 5.32 Å². The number of aryl methyl sites for hydroxylation is 1. The fourth-order valence-electron chi connectivity index (χ4n) is 2.36. The van der Waals surface area contributed by atoms with Crippen LogP contribution in [0.3, 0.4) is 0 Å². The van der Waals surface area contributed by atoms with Crippen LogP contribution >= 0.6 is 23.1 Å². The second kappa shape index (κ2) is 8.96. The Bertz CT molecular complexity index is 941. The van der Waals surface area contributed by atoms with Crippen LogP contribution in [-0.2, 0) is 20.7 Å². The molecule has 0 aliphatic carbocycles. The number of amides is 1. The molecule has 3 aromatic rings. The Hall–Kier alpha value is -2.45. The van der Waals surface area contributed by atoms with E-state index in [-0.39, 0.29) is 11.7 Å². The molecule has 0 aliphatic rings. The Balaban J connectivity index is 1.50. The standard InChI is InChI=1S/C19H19N3O3S2/c1-3-13-4-6-14(7-5-13)22-17(24)12(2)25-16(23)10-27-19-15-8-9-26-18(15)20-11-21-19/h4-9,11-12H,3,10H2,1-2H3,(H,22,24)/t12-/m0/s1. The van der Waals surface area contributed by atoms with Crippen LogP contribution in [0.25, 0.3) is 10.2 Å². The van der Waals surface area contributed by atoms with Gasteiger partial charge in [-0.25, -0.2) is 9.97 Å². The normalized spacial score (nSPS) is 11.9. The maximum absolute atomic E-state index is 12.2. The summed E-state index contributed by atoms with van der Waals surface area (Å²) < 4.78 is 5.23. The van der Waals surface area contributed by atoms with Crippen LogP contribution in [0.1, 0.15) is 19.4 Å². The minimum absolute atomic E-state index is 0.0742. The lowest BCUT2D eigenvalue weighted by Crippen LogP contribution is -2.30. The minimum Gasteiger partial charge on any atom is -0.452 e. The van der Waals surface area contributed by atoms with Crippen molar-refractivity contribution in [3.63, 3.8) is 0 Å². The van der Waals surface area contributed by atoms with Crippen molar-refractivity contribution in [3.05, 3.63) is 47.6 Å². The zero-order chi connectivity index (χ0) is 19.2. The second-order valence-electron chi connectivity index (χ2n) is 5.78. The number of benzene rings is 1.